The van der Waals surface area contributed by atoms with Gasteiger partial charge in [0.05, 0.1) is 5.01 Å². The first-order chi connectivity index (χ1) is 9.83. The predicted molar refractivity (Wildman–Crippen MR) is 81.8 cm³/mol. The van der Waals surface area contributed by atoms with Crippen LogP contribution in [0.25, 0.3) is 0 Å². The first-order valence-corrected chi connectivity index (χ1v) is 8.56. The van der Waals surface area contributed by atoms with E-state index in [9.17, 15) is 4.79 Å². The standard InChI is InChI=1S/C16H22N2OS/c19-15(11-13-5-2-1-3-6-13)18-9-4-7-14(12-18)16-17-8-10-20-16/h5,8,10,14H,1-4,6-7,9,11-12H2/t14-/m1/s1. The number of likely N-dealkylation sites (tertiary alicyclic amines) is 1. The molecule has 1 aliphatic carbocycles. The molecule has 0 radical (unpaired) electrons. The van der Waals surface area contributed by atoms with E-state index >= 15 is 0 Å². The molecule has 2 aliphatic rings. The highest BCUT2D eigenvalue weighted by Gasteiger charge is 2.26. The fourth-order valence-electron chi connectivity index (χ4n) is 3.21. The smallest absolute Gasteiger partial charge is 0.226 e. The van der Waals surface area contributed by atoms with Crippen LogP contribution in [0, 0.1) is 0 Å². The number of piperidine rings is 1. The van der Waals surface area contributed by atoms with Crippen LogP contribution in [0.15, 0.2) is 23.2 Å². The molecule has 20 heavy (non-hydrogen) atoms. The maximum atomic E-state index is 12.4. The maximum Gasteiger partial charge on any atom is 0.226 e. The third-order valence-electron chi connectivity index (χ3n) is 4.34. The number of aromatic nitrogens is 1. The number of hydrogen-bond acceptors (Lipinski definition) is 3. The van der Waals surface area contributed by atoms with Crippen molar-refractivity contribution in [2.75, 3.05) is 13.1 Å². The van der Waals surface area contributed by atoms with Gasteiger partial charge in [0.2, 0.25) is 5.91 Å². The molecule has 1 amide bonds. The van der Waals surface area contributed by atoms with E-state index in [0.29, 0.717) is 18.2 Å². The molecular weight excluding hydrogens is 268 g/mol. The van der Waals surface area contributed by atoms with Crippen molar-refractivity contribution in [1.82, 2.24) is 9.88 Å². The molecule has 1 fully saturated rings. The molecule has 3 rings (SSSR count). The van der Waals surface area contributed by atoms with Gasteiger partial charge in [-0.15, -0.1) is 11.3 Å². The molecule has 0 unspecified atom stereocenters. The monoisotopic (exact) mass is 290 g/mol. The molecule has 0 bridgehead atoms. The Morgan fingerprint density at radius 3 is 3.10 bits per heavy atom. The van der Waals surface area contributed by atoms with Crippen LogP contribution in [0.5, 0.6) is 0 Å². The molecule has 1 aromatic rings. The van der Waals surface area contributed by atoms with Gasteiger partial charge in [-0.25, -0.2) is 4.98 Å². The number of amides is 1. The van der Waals surface area contributed by atoms with E-state index < -0.39 is 0 Å². The van der Waals surface area contributed by atoms with Crippen molar-refractivity contribution < 1.29 is 4.79 Å². The van der Waals surface area contributed by atoms with Gasteiger partial charge in [0.25, 0.3) is 0 Å². The second-order valence-corrected chi connectivity index (χ2v) is 6.76. The number of allylic oxidation sites excluding steroid dienone is 1. The van der Waals surface area contributed by atoms with Crippen molar-refractivity contribution in [1.29, 1.82) is 0 Å². The molecule has 0 saturated carbocycles. The van der Waals surface area contributed by atoms with Gasteiger partial charge < -0.3 is 4.90 Å². The van der Waals surface area contributed by atoms with E-state index in [0.717, 1.165) is 32.4 Å². The van der Waals surface area contributed by atoms with E-state index in [4.69, 9.17) is 0 Å². The first-order valence-electron chi connectivity index (χ1n) is 7.68. The summed E-state index contributed by atoms with van der Waals surface area (Å²) in [6.07, 6.45) is 11.9. The third-order valence-corrected chi connectivity index (χ3v) is 5.28. The highest BCUT2D eigenvalue weighted by Crippen LogP contribution is 2.29. The molecule has 108 valence electrons. The Labute approximate surface area is 124 Å². The molecule has 0 N–H and O–H groups in total. The molecule has 1 aliphatic heterocycles. The van der Waals surface area contributed by atoms with E-state index in [1.54, 1.807) is 11.3 Å². The minimum absolute atomic E-state index is 0.319. The van der Waals surface area contributed by atoms with Gasteiger partial charge in [-0.05, 0) is 38.5 Å². The Bertz CT molecular complexity index is 481. The van der Waals surface area contributed by atoms with E-state index in [2.05, 4.69) is 16.0 Å². The fourth-order valence-corrected chi connectivity index (χ4v) is 3.98. The molecule has 0 spiro atoms. The SMILES string of the molecule is O=C(CC1=CCCCC1)N1CCC[C@@H](c2nccs2)C1. The zero-order chi connectivity index (χ0) is 13.8. The summed E-state index contributed by atoms with van der Waals surface area (Å²) in [7, 11) is 0. The zero-order valence-electron chi connectivity index (χ0n) is 11.9. The third kappa shape index (κ3) is 3.29. The number of nitrogens with zero attached hydrogens (tertiary/aromatic N) is 2. The van der Waals surface area contributed by atoms with E-state index in [1.165, 1.54) is 29.8 Å². The lowest BCUT2D eigenvalue weighted by atomic mass is 9.95. The molecular formula is C16H22N2OS. The van der Waals surface area contributed by atoms with Crippen LogP contribution in [0.3, 0.4) is 0 Å². The van der Waals surface area contributed by atoms with Gasteiger partial charge >= 0.3 is 0 Å². The van der Waals surface area contributed by atoms with Crippen LogP contribution >= 0.6 is 11.3 Å². The number of hydrogen-bond donors (Lipinski definition) is 0. The molecule has 1 atom stereocenters. The zero-order valence-corrected chi connectivity index (χ0v) is 12.7. The van der Waals surface area contributed by atoms with Crippen LogP contribution in [-0.4, -0.2) is 28.9 Å². The van der Waals surface area contributed by atoms with Gasteiger partial charge in [0, 0.05) is 37.0 Å². The molecule has 1 saturated heterocycles. The lowest BCUT2D eigenvalue weighted by molar-refractivity contribution is -0.131. The Hall–Kier alpha value is -1.16. The second kappa shape index (κ2) is 6.53. The number of carbonyl (C=O) groups is 1. The Balaban J connectivity index is 1.58. The molecule has 0 aromatic carbocycles. The average molecular weight is 290 g/mol. The van der Waals surface area contributed by atoms with Gasteiger partial charge in [0.1, 0.15) is 0 Å². The largest absolute Gasteiger partial charge is 0.342 e. The minimum atomic E-state index is 0.319. The lowest BCUT2D eigenvalue weighted by Crippen LogP contribution is -2.39. The van der Waals surface area contributed by atoms with Crippen molar-refractivity contribution in [2.45, 2.75) is 50.9 Å². The van der Waals surface area contributed by atoms with Crippen LogP contribution in [-0.2, 0) is 4.79 Å². The highest BCUT2D eigenvalue weighted by molar-refractivity contribution is 7.09. The summed E-state index contributed by atoms with van der Waals surface area (Å²) in [5.74, 6) is 0.771. The second-order valence-electron chi connectivity index (χ2n) is 5.83. The maximum absolute atomic E-state index is 12.4. The molecule has 3 nitrogen and oxygen atoms in total. The summed E-state index contributed by atoms with van der Waals surface area (Å²) in [5.41, 5.74) is 1.36. The molecule has 1 aromatic heterocycles. The lowest BCUT2D eigenvalue weighted by Gasteiger charge is -2.32. The number of thiazole rings is 1. The van der Waals surface area contributed by atoms with Gasteiger partial charge in [-0.1, -0.05) is 11.6 Å². The predicted octanol–water partition coefficient (Wildman–Crippen LogP) is 3.74. The van der Waals surface area contributed by atoms with E-state index in [1.807, 2.05) is 11.6 Å². The van der Waals surface area contributed by atoms with Gasteiger partial charge in [-0.3, -0.25) is 4.79 Å². The van der Waals surface area contributed by atoms with Gasteiger partial charge in [-0.2, -0.15) is 0 Å². The van der Waals surface area contributed by atoms with Crippen LogP contribution in [0.2, 0.25) is 0 Å². The topological polar surface area (TPSA) is 33.2 Å². The fraction of sp³-hybridized carbons (Fsp3) is 0.625. The summed E-state index contributed by atoms with van der Waals surface area (Å²) in [5, 5.41) is 3.22. The van der Waals surface area contributed by atoms with Crippen molar-refractivity contribution in [3.8, 4) is 0 Å². The minimum Gasteiger partial charge on any atom is -0.342 e. The van der Waals surface area contributed by atoms with Crippen molar-refractivity contribution >= 4 is 17.2 Å². The first kappa shape index (κ1) is 13.8. The molecule has 2 heterocycles. The summed E-state index contributed by atoms with van der Waals surface area (Å²) in [6.45, 7) is 1.79. The quantitative estimate of drug-likeness (QED) is 0.795. The van der Waals surface area contributed by atoms with E-state index in [-0.39, 0.29) is 0 Å². The summed E-state index contributed by atoms with van der Waals surface area (Å²) >= 11 is 1.72. The summed E-state index contributed by atoms with van der Waals surface area (Å²) < 4.78 is 0. The normalized spacial score (nSPS) is 23.5. The van der Waals surface area contributed by atoms with Gasteiger partial charge in [0.15, 0.2) is 0 Å². The van der Waals surface area contributed by atoms with Crippen LogP contribution < -0.4 is 0 Å². The van der Waals surface area contributed by atoms with Crippen molar-refractivity contribution in [2.24, 2.45) is 0 Å². The Kier molecular flexibility index (Phi) is 4.51. The Morgan fingerprint density at radius 1 is 1.40 bits per heavy atom. The van der Waals surface area contributed by atoms with Crippen molar-refractivity contribution in [3.05, 3.63) is 28.2 Å². The summed E-state index contributed by atoms with van der Waals surface area (Å²) in [4.78, 5) is 18.9. The number of rotatable bonds is 3. The number of carbonyl (C=O) groups excluding carboxylic acids is 1. The van der Waals surface area contributed by atoms with Crippen LogP contribution in [0.1, 0.15) is 55.9 Å². The van der Waals surface area contributed by atoms with Crippen LogP contribution in [0.4, 0.5) is 0 Å². The highest BCUT2D eigenvalue weighted by atomic mass is 32.1. The summed E-state index contributed by atoms with van der Waals surface area (Å²) in [6, 6.07) is 0. The average Bonchev–Trinajstić information content (AvgIpc) is 3.03. The molecule has 4 heteroatoms. The van der Waals surface area contributed by atoms with Crippen molar-refractivity contribution in [3.63, 3.8) is 0 Å². The Morgan fingerprint density at radius 2 is 2.35 bits per heavy atom.